The molecule has 0 radical (unpaired) electrons. The number of nitrogens with zero attached hydrogens (tertiary/aromatic N) is 4. The Balaban J connectivity index is 1.60. The highest BCUT2D eigenvalue weighted by Crippen LogP contribution is 2.45. The molecule has 3 heterocycles. The Morgan fingerprint density at radius 2 is 1.66 bits per heavy atom. The van der Waals surface area contributed by atoms with Gasteiger partial charge in [-0.15, -0.1) is 0 Å². The van der Waals surface area contributed by atoms with Crippen LogP contribution in [0.1, 0.15) is 10.4 Å². The summed E-state index contributed by atoms with van der Waals surface area (Å²) in [5.74, 6) is 0.607. The molecular weight excluding hydrogens is 482 g/mol. The van der Waals surface area contributed by atoms with Crippen LogP contribution in [0.5, 0.6) is 5.88 Å². The summed E-state index contributed by atoms with van der Waals surface area (Å²) < 4.78 is 7.37. The quantitative estimate of drug-likeness (QED) is 0.278. The van der Waals surface area contributed by atoms with Crippen LogP contribution in [0.4, 0.5) is 17.3 Å². The third-order valence-electron chi connectivity index (χ3n) is 5.87. The van der Waals surface area contributed by atoms with E-state index in [-0.39, 0.29) is 17.6 Å². The number of carbonyl (C=O) groups is 2. The summed E-state index contributed by atoms with van der Waals surface area (Å²) in [6.07, 6.45) is 4.17. The summed E-state index contributed by atoms with van der Waals surface area (Å²) in [4.78, 5) is 32.8. The van der Waals surface area contributed by atoms with E-state index < -0.39 is 0 Å². The summed E-state index contributed by atoms with van der Waals surface area (Å²) in [6, 6.07) is 19.7. The molecule has 0 fully saturated rings. The first-order valence-electron chi connectivity index (χ1n) is 11.6. The number of hydrogen-bond acceptors (Lipinski definition) is 7. The van der Waals surface area contributed by atoms with E-state index >= 15 is 0 Å². The maximum absolute atomic E-state index is 12.7. The Labute approximate surface area is 217 Å². The first-order valence-corrected chi connectivity index (χ1v) is 11.6. The maximum Gasteiger partial charge on any atom is 0.256 e. The van der Waals surface area contributed by atoms with Crippen LogP contribution in [0.15, 0.2) is 91.9 Å². The van der Waals surface area contributed by atoms with Gasteiger partial charge >= 0.3 is 0 Å². The molecule has 10 heteroatoms. The number of benzene rings is 2. The second-order valence-electron chi connectivity index (χ2n) is 8.18. The Morgan fingerprint density at radius 3 is 2.32 bits per heavy atom. The van der Waals surface area contributed by atoms with Crippen LogP contribution in [0.2, 0.25) is 0 Å². The fraction of sp³-hybridized carbons (Fsp3) is 0.0357. The van der Waals surface area contributed by atoms with Crippen LogP contribution in [0.25, 0.3) is 27.8 Å². The number of amides is 2. The molecule has 2 amide bonds. The highest BCUT2D eigenvalue weighted by molar-refractivity contribution is 6.05. The molecule has 10 nitrogen and oxygen atoms in total. The summed E-state index contributed by atoms with van der Waals surface area (Å²) in [5, 5.41) is 9.88. The number of methoxy groups -OCH3 is 1. The molecule has 0 atom stereocenters. The molecular formula is C28H23N7O3. The predicted octanol–water partition coefficient (Wildman–Crippen LogP) is 4.43. The number of ether oxygens (including phenoxy) is 1. The van der Waals surface area contributed by atoms with Gasteiger partial charge in [-0.25, -0.2) is 9.97 Å². The summed E-state index contributed by atoms with van der Waals surface area (Å²) in [6.45, 7) is 3.48. The molecule has 4 N–H and O–H groups in total. The maximum atomic E-state index is 12.7. The van der Waals surface area contributed by atoms with Gasteiger partial charge in [0.05, 0.1) is 12.7 Å². The smallest absolute Gasteiger partial charge is 0.256 e. The van der Waals surface area contributed by atoms with Crippen LogP contribution < -0.4 is 21.1 Å². The minimum absolute atomic E-state index is 0.270. The molecule has 0 unspecified atom stereocenters. The first-order chi connectivity index (χ1) is 18.5. The minimum Gasteiger partial charge on any atom is -0.480 e. The van der Waals surface area contributed by atoms with Crippen LogP contribution in [-0.4, -0.2) is 38.5 Å². The molecule has 3 aromatic heterocycles. The first kappa shape index (κ1) is 24.2. The molecule has 0 spiro atoms. The number of nitrogens with one attached hydrogen (secondary N) is 2. The van der Waals surface area contributed by atoms with Crippen molar-refractivity contribution in [3.63, 3.8) is 0 Å². The van der Waals surface area contributed by atoms with Gasteiger partial charge in [-0.1, -0.05) is 36.9 Å². The minimum atomic E-state index is -0.305. The van der Waals surface area contributed by atoms with Crippen molar-refractivity contribution < 1.29 is 14.3 Å². The highest BCUT2D eigenvalue weighted by atomic mass is 16.5. The second-order valence-corrected chi connectivity index (χ2v) is 8.18. The van der Waals surface area contributed by atoms with Crippen molar-refractivity contribution in [1.29, 1.82) is 0 Å². The van der Waals surface area contributed by atoms with Gasteiger partial charge in [-0.05, 0) is 53.6 Å². The third-order valence-corrected chi connectivity index (χ3v) is 5.87. The molecule has 2 aromatic carbocycles. The Kier molecular flexibility index (Phi) is 6.51. The topological polar surface area (TPSA) is 137 Å². The van der Waals surface area contributed by atoms with Gasteiger partial charge in [0.25, 0.3) is 5.91 Å². The average molecular weight is 506 g/mol. The normalized spacial score (nSPS) is 10.7. The molecule has 5 rings (SSSR count). The van der Waals surface area contributed by atoms with Crippen LogP contribution in [0, 0.1) is 0 Å². The summed E-state index contributed by atoms with van der Waals surface area (Å²) in [5.41, 5.74) is 11.0. The fourth-order valence-electron chi connectivity index (χ4n) is 4.15. The van der Waals surface area contributed by atoms with E-state index in [2.05, 4.69) is 32.3 Å². The number of aromatic nitrogens is 4. The molecule has 188 valence electrons. The fourth-order valence-corrected chi connectivity index (χ4v) is 4.15. The van der Waals surface area contributed by atoms with Gasteiger partial charge in [0.15, 0.2) is 5.82 Å². The summed E-state index contributed by atoms with van der Waals surface area (Å²) in [7, 11) is 1.55. The zero-order valence-electron chi connectivity index (χ0n) is 20.4. The number of nitrogen functional groups attached to an aromatic ring is 1. The largest absolute Gasteiger partial charge is 0.480 e. The van der Waals surface area contributed by atoms with Crippen LogP contribution >= 0.6 is 0 Å². The van der Waals surface area contributed by atoms with E-state index in [0.717, 1.165) is 22.3 Å². The van der Waals surface area contributed by atoms with E-state index in [1.807, 2.05) is 24.3 Å². The second kappa shape index (κ2) is 10.2. The van der Waals surface area contributed by atoms with E-state index in [0.29, 0.717) is 28.5 Å². The van der Waals surface area contributed by atoms with Crippen LogP contribution in [0.3, 0.4) is 0 Å². The van der Waals surface area contributed by atoms with Gasteiger partial charge in [-0.3, -0.25) is 9.59 Å². The van der Waals surface area contributed by atoms with E-state index in [1.165, 1.54) is 12.4 Å². The SMILES string of the molecule is C=CC(=O)Nc1ccc(-c2c(-c3ccc(C(=O)Nc4ccccn4)cc3)c3c(N)ncnn3c2OC)cc1. The zero-order chi connectivity index (χ0) is 26.6. The Hall–Kier alpha value is -5.51. The van der Waals surface area contributed by atoms with Crippen molar-refractivity contribution in [2.45, 2.75) is 0 Å². The number of nitrogens with two attached hydrogens (primary N) is 1. The van der Waals surface area contributed by atoms with Crippen molar-refractivity contribution in [3.05, 3.63) is 97.5 Å². The average Bonchev–Trinajstić information content (AvgIpc) is 3.29. The lowest BCUT2D eigenvalue weighted by Gasteiger charge is -2.10. The molecule has 0 saturated carbocycles. The number of fused-ring (bicyclic) bond motifs is 1. The monoisotopic (exact) mass is 505 g/mol. The van der Waals surface area contributed by atoms with Gasteiger partial charge in [-0.2, -0.15) is 9.61 Å². The van der Waals surface area contributed by atoms with Crippen molar-refractivity contribution in [3.8, 4) is 28.1 Å². The van der Waals surface area contributed by atoms with Gasteiger partial charge in [0.1, 0.15) is 17.7 Å². The molecule has 38 heavy (non-hydrogen) atoms. The molecule has 0 saturated heterocycles. The van der Waals surface area contributed by atoms with Crippen molar-refractivity contribution in [2.75, 3.05) is 23.5 Å². The van der Waals surface area contributed by atoms with E-state index in [9.17, 15) is 9.59 Å². The number of hydrogen-bond donors (Lipinski definition) is 3. The molecule has 0 aliphatic rings. The lowest BCUT2D eigenvalue weighted by Crippen LogP contribution is -2.12. The van der Waals surface area contributed by atoms with E-state index in [1.54, 1.807) is 60.3 Å². The predicted molar refractivity (Wildman–Crippen MR) is 146 cm³/mol. The standard InChI is InChI=1S/C28H23N7O3/c1-3-22(36)33-20-13-11-18(12-14-20)24-23(25-26(29)31-16-32-35(25)28(24)38-2)17-7-9-19(10-8-17)27(37)34-21-6-4-5-15-30-21/h3-16H,1H2,2H3,(H,33,36)(H2,29,31,32)(H,30,34,37). The molecule has 5 aromatic rings. The Bertz CT molecular complexity index is 1640. The van der Waals surface area contributed by atoms with Crippen molar-refractivity contribution >= 4 is 34.7 Å². The van der Waals surface area contributed by atoms with Crippen molar-refractivity contribution in [1.82, 2.24) is 19.6 Å². The van der Waals surface area contributed by atoms with Crippen LogP contribution in [-0.2, 0) is 4.79 Å². The van der Waals surface area contributed by atoms with Gasteiger partial charge in [0, 0.05) is 23.0 Å². The number of pyridine rings is 1. The van der Waals surface area contributed by atoms with E-state index in [4.69, 9.17) is 10.5 Å². The lowest BCUT2D eigenvalue weighted by molar-refractivity contribution is -0.111. The third kappa shape index (κ3) is 4.53. The zero-order valence-corrected chi connectivity index (χ0v) is 20.4. The van der Waals surface area contributed by atoms with Gasteiger partial charge in [0.2, 0.25) is 11.8 Å². The summed E-state index contributed by atoms with van der Waals surface area (Å²) >= 11 is 0. The number of rotatable bonds is 7. The lowest BCUT2D eigenvalue weighted by atomic mass is 9.96. The Morgan fingerprint density at radius 1 is 0.947 bits per heavy atom. The molecule has 0 aliphatic heterocycles. The van der Waals surface area contributed by atoms with Gasteiger partial charge < -0.3 is 21.1 Å². The molecule has 0 aliphatic carbocycles. The number of anilines is 3. The highest BCUT2D eigenvalue weighted by Gasteiger charge is 2.25. The number of carbonyl (C=O) groups excluding carboxylic acids is 2. The molecule has 0 bridgehead atoms. The van der Waals surface area contributed by atoms with Crippen molar-refractivity contribution in [2.24, 2.45) is 0 Å².